The van der Waals surface area contributed by atoms with Crippen LogP contribution in [0.4, 0.5) is 10.8 Å². The normalized spacial score (nSPS) is 20.2. The zero-order valence-corrected chi connectivity index (χ0v) is 20.0. The highest BCUT2D eigenvalue weighted by Crippen LogP contribution is 2.29. The quantitative estimate of drug-likeness (QED) is 0.668. The lowest BCUT2D eigenvalue weighted by molar-refractivity contribution is -0.138. The molecule has 3 amide bonds. The van der Waals surface area contributed by atoms with E-state index in [2.05, 4.69) is 29.4 Å². The topological polar surface area (TPSA) is 95.5 Å². The van der Waals surface area contributed by atoms with E-state index in [-0.39, 0.29) is 36.0 Å². The van der Waals surface area contributed by atoms with E-state index in [1.807, 2.05) is 35.2 Å². The summed E-state index contributed by atoms with van der Waals surface area (Å²) in [7, 11) is 0. The standard InChI is InChI=1S/C24H31N5O3S/c1-3-7-16(2)22-26-27-24(33-22)25-21(31)17-10-12-28(13-11-17)23(32)18-14-20(30)29(15-18)19-8-5-4-6-9-19/h4-6,8-9,16-18H,3,7,10-15H2,1-2H3,(H,25,27,31). The van der Waals surface area contributed by atoms with E-state index >= 15 is 0 Å². The summed E-state index contributed by atoms with van der Waals surface area (Å²) in [5.74, 6) is -0.196. The number of carbonyl (C=O) groups is 3. The van der Waals surface area contributed by atoms with Gasteiger partial charge in [0.1, 0.15) is 5.01 Å². The van der Waals surface area contributed by atoms with Crippen LogP contribution in [0.15, 0.2) is 30.3 Å². The predicted molar refractivity (Wildman–Crippen MR) is 128 cm³/mol. The summed E-state index contributed by atoms with van der Waals surface area (Å²) >= 11 is 1.44. The van der Waals surface area contributed by atoms with Crippen molar-refractivity contribution in [2.24, 2.45) is 11.8 Å². The first-order valence-corrected chi connectivity index (χ1v) is 12.6. The Morgan fingerprint density at radius 2 is 1.88 bits per heavy atom. The summed E-state index contributed by atoms with van der Waals surface area (Å²) in [5.41, 5.74) is 0.831. The van der Waals surface area contributed by atoms with Crippen LogP contribution in [-0.2, 0) is 14.4 Å². The molecule has 3 heterocycles. The Hall–Kier alpha value is -2.81. The van der Waals surface area contributed by atoms with Gasteiger partial charge in [0.25, 0.3) is 0 Å². The second-order valence-corrected chi connectivity index (χ2v) is 9.97. The molecular formula is C24H31N5O3S. The van der Waals surface area contributed by atoms with E-state index in [0.717, 1.165) is 23.5 Å². The summed E-state index contributed by atoms with van der Waals surface area (Å²) in [6.45, 7) is 5.74. The molecule has 4 rings (SSSR count). The number of benzene rings is 1. The van der Waals surface area contributed by atoms with Gasteiger partial charge in [-0.25, -0.2) is 0 Å². The highest BCUT2D eigenvalue weighted by atomic mass is 32.1. The molecule has 2 saturated heterocycles. The Labute approximate surface area is 198 Å². The van der Waals surface area contributed by atoms with Crippen molar-refractivity contribution in [3.63, 3.8) is 0 Å². The molecule has 2 aromatic rings. The zero-order valence-electron chi connectivity index (χ0n) is 19.2. The van der Waals surface area contributed by atoms with Crippen LogP contribution in [-0.4, -0.2) is 52.5 Å². The van der Waals surface area contributed by atoms with Crippen molar-refractivity contribution in [3.05, 3.63) is 35.3 Å². The number of hydrogen-bond acceptors (Lipinski definition) is 6. The fourth-order valence-electron chi connectivity index (χ4n) is 4.60. The van der Waals surface area contributed by atoms with Gasteiger partial charge in [0.05, 0.1) is 5.92 Å². The molecule has 2 atom stereocenters. The van der Waals surface area contributed by atoms with Crippen LogP contribution in [0.2, 0.25) is 0 Å². The largest absolute Gasteiger partial charge is 0.342 e. The molecule has 2 fully saturated rings. The van der Waals surface area contributed by atoms with Gasteiger partial charge in [-0.15, -0.1) is 10.2 Å². The fourth-order valence-corrected chi connectivity index (χ4v) is 5.43. The van der Waals surface area contributed by atoms with Gasteiger partial charge >= 0.3 is 0 Å². The van der Waals surface area contributed by atoms with E-state index in [4.69, 9.17) is 0 Å². The molecule has 9 heteroatoms. The molecule has 2 aliphatic heterocycles. The van der Waals surface area contributed by atoms with Gasteiger partial charge in [0.2, 0.25) is 22.9 Å². The van der Waals surface area contributed by atoms with E-state index in [9.17, 15) is 14.4 Å². The molecule has 0 radical (unpaired) electrons. The Balaban J connectivity index is 1.27. The number of likely N-dealkylation sites (tertiary alicyclic amines) is 1. The predicted octanol–water partition coefficient (Wildman–Crippen LogP) is 3.67. The smallest absolute Gasteiger partial charge is 0.229 e. The minimum atomic E-state index is -0.326. The lowest BCUT2D eigenvalue weighted by Gasteiger charge is -2.32. The van der Waals surface area contributed by atoms with E-state index in [1.165, 1.54) is 11.3 Å². The minimum absolute atomic E-state index is 0.0133. The second-order valence-electron chi connectivity index (χ2n) is 8.96. The van der Waals surface area contributed by atoms with Gasteiger partial charge in [0.15, 0.2) is 0 Å². The summed E-state index contributed by atoms with van der Waals surface area (Å²) < 4.78 is 0. The monoisotopic (exact) mass is 469 g/mol. The van der Waals surface area contributed by atoms with Crippen molar-refractivity contribution in [3.8, 4) is 0 Å². The third-order valence-electron chi connectivity index (χ3n) is 6.53. The van der Waals surface area contributed by atoms with E-state index < -0.39 is 0 Å². The molecule has 1 aromatic heterocycles. The van der Waals surface area contributed by atoms with E-state index in [1.54, 1.807) is 4.90 Å². The maximum atomic E-state index is 13.0. The van der Waals surface area contributed by atoms with Gasteiger partial charge < -0.3 is 15.1 Å². The minimum Gasteiger partial charge on any atom is -0.342 e. The van der Waals surface area contributed by atoms with Crippen molar-refractivity contribution >= 4 is 39.9 Å². The molecule has 176 valence electrons. The molecule has 0 bridgehead atoms. The average molecular weight is 470 g/mol. The molecule has 8 nitrogen and oxygen atoms in total. The first-order chi connectivity index (χ1) is 16.0. The molecule has 0 saturated carbocycles. The Kier molecular flexibility index (Phi) is 7.37. The Bertz CT molecular complexity index is 987. The number of rotatable bonds is 7. The number of nitrogens with one attached hydrogen (secondary N) is 1. The Morgan fingerprint density at radius 1 is 1.15 bits per heavy atom. The van der Waals surface area contributed by atoms with Crippen molar-refractivity contribution in [2.75, 3.05) is 29.9 Å². The van der Waals surface area contributed by atoms with Crippen molar-refractivity contribution < 1.29 is 14.4 Å². The molecule has 2 aliphatic rings. The van der Waals surface area contributed by atoms with Crippen molar-refractivity contribution in [2.45, 2.75) is 51.9 Å². The summed E-state index contributed by atoms with van der Waals surface area (Å²) in [6.07, 6.45) is 3.59. The molecule has 33 heavy (non-hydrogen) atoms. The number of amides is 3. The van der Waals surface area contributed by atoms with Crippen LogP contribution in [0.5, 0.6) is 0 Å². The highest BCUT2D eigenvalue weighted by molar-refractivity contribution is 7.15. The van der Waals surface area contributed by atoms with Gasteiger partial charge in [-0.1, -0.05) is 49.8 Å². The van der Waals surface area contributed by atoms with Gasteiger partial charge in [-0.3, -0.25) is 14.4 Å². The number of aromatic nitrogens is 2. The van der Waals surface area contributed by atoms with Gasteiger partial charge in [-0.05, 0) is 31.4 Å². The maximum absolute atomic E-state index is 13.0. The number of hydrogen-bond donors (Lipinski definition) is 1. The summed E-state index contributed by atoms with van der Waals surface area (Å²) in [4.78, 5) is 41.7. The van der Waals surface area contributed by atoms with Crippen LogP contribution in [0.3, 0.4) is 0 Å². The molecule has 1 aromatic carbocycles. The van der Waals surface area contributed by atoms with Crippen LogP contribution in [0, 0.1) is 11.8 Å². The third kappa shape index (κ3) is 5.40. The molecule has 1 N–H and O–H groups in total. The third-order valence-corrected chi connectivity index (χ3v) is 7.60. The average Bonchev–Trinajstić information content (AvgIpc) is 3.46. The lowest BCUT2D eigenvalue weighted by atomic mass is 9.94. The molecular weight excluding hydrogens is 438 g/mol. The van der Waals surface area contributed by atoms with Crippen LogP contribution in [0.1, 0.15) is 56.9 Å². The van der Waals surface area contributed by atoms with E-state index in [0.29, 0.717) is 43.5 Å². The second kappa shape index (κ2) is 10.4. The molecule has 0 aliphatic carbocycles. The highest BCUT2D eigenvalue weighted by Gasteiger charge is 2.38. The van der Waals surface area contributed by atoms with Crippen LogP contribution in [0.25, 0.3) is 0 Å². The number of anilines is 2. The molecule has 0 spiro atoms. The first-order valence-electron chi connectivity index (χ1n) is 11.7. The molecule has 2 unspecified atom stereocenters. The Morgan fingerprint density at radius 3 is 2.58 bits per heavy atom. The van der Waals surface area contributed by atoms with Crippen LogP contribution >= 0.6 is 11.3 Å². The number of piperidine rings is 1. The zero-order chi connectivity index (χ0) is 23.4. The first kappa shape index (κ1) is 23.4. The maximum Gasteiger partial charge on any atom is 0.229 e. The van der Waals surface area contributed by atoms with Crippen molar-refractivity contribution in [1.82, 2.24) is 15.1 Å². The van der Waals surface area contributed by atoms with Gasteiger partial charge in [0, 0.05) is 43.6 Å². The number of carbonyl (C=O) groups excluding carboxylic acids is 3. The number of para-hydroxylation sites is 1. The van der Waals surface area contributed by atoms with Gasteiger partial charge in [-0.2, -0.15) is 0 Å². The van der Waals surface area contributed by atoms with Crippen molar-refractivity contribution in [1.29, 1.82) is 0 Å². The number of nitrogens with zero attached hydrogens (tertiary/aromatic N) is 4. The van der Waals surface area contributed by atoms with Crippen LogP contribution < -0.4 is 10.2 Å². The lowest BCUT2D eigenvalue weighted by Crippen LogP contribution is -2.44. The fraction of sp³-hybridized carbons (Fsp3) is 0.542. The summed E-state index contributed by atoms with van der Waals surface area (Å²) in [6, 6.07) is 9.47. The SMILES string of the molecule is CCCC(C)c1nnc(NC(=O)C2CCN(C(=O)C3CC(=O)N(c4ccccc4)C3)CC2)s1. The summed E-state index contributed by atoms with van der Waals surface area (Å²) in [5, 5.41) is 12.7.